The van der Waals surface area contributed by atoms with E-state index in [2.05, 4.69) is 0 Å². The average molecular weight is 514 g/mol. The summed E-state index contributed by atoms with van der Waals surface area (Å²) in [5, 5.41) is -0.303. The molecule has 2 heterocycles. The third kappa shape index (κ3) is 6.59. The highest BCUT2D eigenvalue weighted by Crippen LogP contribution is 2.40. The van der Waals surface area contributed by atoms with E-state index in [-0.39, 0.29) is 27.9 Å². The van der Waals surface area contributed by atoms with Gasteiger partial charge in [-0.25, -0.2) is 4.79 Å². The fraction of sp³-hybridized carbons (Fsp3) is 0.560. The first-order valence-corrected chi connectivity index (χ1v) is 13.0. The van der Waals surface area contributed by atoms with Crippen molar-refractivity contribution in [1.82, 2.24) is 4.90 Å². The second kappa shape index (κ2) is 12.0. The maximum absolute atomic E-state index is 13.7. The first-order valence-electron chi connectivity index (χ1n) is 12.0. The van der Waals surface area contributed by atoms with Crippen molar-refractivity contribution in [3.05, 3.63) is 39.2 Å². The normalized spacial score (nSPS) is 14.4. The molecule has 1 aromatic heterocycles. The summed E-state index contributed by atoms with van der Waals surface area (Å²) in [4.78, 5) is 36.5. The van der Waals surface area contributed by atoms with E-state index in [0.29, 0.717) is 68.2 Å². The van der Waals surface area contributed by atoms with Crippen LogP contribution in [0.3, 0.4) is 0 Å². The number of rotatable bonds is 12. The molecule has 1 aliphatic heterocycles. The first kappa shape index (κ1) is 27.1. The molecule has 0 unspecified atom stereocenters. The molecule has 0 bridgehead atoms. The highest BCUT2D eigenvalue weighted by atomic mass is 32.2. The summed E-state index contributed by atoms with van der Waals surface area (Å²) in [5.41, 5.74) is -0.908. The van der Waals surface area contributed by atoms with Gasteiger partial charge in [0, 0.05) is 23.6 Å². The molecule has 3 rings (SSSR count). The zero-order valence-corrected chi connectivity index (χ0v) is 20.8. The van der Waals surface area contributed by atoms with E-state index >= 15 is 0 Å². The van der Waals surface area contributed by atoms with Crippen molar-refractivity contribution in [3.8, 4) is 5.75 Å². The van der Waals surface area contributed by atoms with Crippen LogP contribution in [0.5, 0.6) is 5.75 Å². The van der Waals surface area contributed by atoms with Gasteiger partial charge in [0.25, 0.3) is 5.24 Å². The van der Waals surface area contributed by atoms with Crippen LogP contribution in [0.1, 0.15) is 69.1 Å². The van der Waals surface area contributed by atoms with E-state index in [1.54, 1.807) is 0 Å². The Morgan fingerprint density at radius 3 is 2.37 bits per heavy atom. The molecule has 2 aromatic rings. The van der Waals surface area contributed by atoms with Crippen molar-refractivity contribution in [2.75, 3.05) is 18.9 Å². The average Bonchev–Trinajstić information content (AvgIpc) is 3.11. The van der Waals surface area contributed by atoms with E-state index in [1.165, 1.54) is 11.0 Å². The lowest BCUT2D eigenvalue weighted by atomic mass is 9.96. The summed E-state index contributed by atoms with van der Waals surface area (Å²) in [6.07, 6.45) is 0.696. The van der Waals surface area contributed by atoms with E-state index < -0.39 is 17.4 Å². The van der Waals surface area contributed by atoms with Crippen molar-refractivity contribution in [2.45, 2.75) is 71.4 Å². The number of nitrogens with zero attached hydrogens (tertiary/aromatic N) is 1. The molecule has 6 nitrogen and oxygen atoms in total. The summed E-state index contributed by atoms with van der Waals surface area (Å²) in [6.45, 7) is 4.62. The van der Waals surface area contributed by atoms with Crippen LogP contribution in [0.4, 0.5) is 18.0 Å². The standard InChI is InChI=1S/C25H30F3NO5S/c1-3-9-16-13-18-19(25(26,27)28)14-21(31)34-23(18)17(10-4-2)22(16)33-12-8-6-5-7-11-29-20(30)15-35-24(29)32/h13-14H,3-12,15H2,1-2H3. The molecule has 1 saturated heterocycles. The Morgan fingerprint density at radius 2 is 1.74 bits per heavy atom. The number of aryl methyl sites for hydroxylation is 2. The Hall–Kier alpha value is -2.49. The molecule has 0 saturated carbocycles. The number of hydrogen-bond donors (Lipinski definition) is 0. The molecule has 1 aliphatic rings. The zero-order valence-electron chi connectivity index (χ0n) is 20.0. The van der Waals surface area contributed by atoms with Crippen LogP contribution in [-0.4, -0.2) is 35.0 Å². The first-order chi connectivity index (χ1) is 16.7. The number of alkyl halides is 3. The maximum Gasteiger partial charge on any atom is 0.417 e. The van der Waals surface area contributed by atoms with Crippen LogP contribution in [0.15, 0.2) is 21.3 Å². The summed E-state index contributed by atoms with van der Waals surface area (Å²) in [5.74, 6) is 0.573. The Bertz CT molecular complexity index is 1110. The van der Waals surface area contributed by atoms with Gasteiger partial charge in [0.15, 0.2) is 0 Å². The van der Waals surface area contributed by atoms with Crippen LogP contribution in [0, 0.1) is 0 Å². The third-order valence-corrected chi connectivity index (χ3v) is 6.70. The number of amides is 2. The van der Waals surface area contributed by atoms with Crippen molar-refractivity contribution >= 4 is 33.9 Å². The van der Waals surface area contributed by atoms with Crippen LogP contribution < -0.4 is 10.4 Å². The van der Waals surface area contributed by atoms with E-state index in [0.717, 1.165) is 31.0 Å². The van der Waals surface area contributed by atoms with Gasteiger partial charge in [-0.15, -0.1) is 0 Å². The van der Waals surface area contributed by atoms with E-state index in [9.17, 15) is 27.6 Å². The predicted molar refractivity (Wildman–Crippen MR) is 129 cm³/mol. The van der Waals surface area contributed by atoms with E-state index in [1.807, 2.05) is 13.8 Å². The Labute approximate surface area is 206 Å². The van der Waals surface area contributed by atoms with Gasteiger partial charge in [-0.2, -0.15) is 13.2 Å². The molecule has 0 atom stereocenters. The van der Waals surface area contributed by atoms with E-state index in [4.69, 9.17) is 9.15 Å². The van der Waals surface area contributed by atoms with Gasteiger partial charge in [0.2, 0.25) is 5.91 Å². The van der Waals surface area contributed by atoms with Gasteiger partial charge in [-0.3, -0.25) is 14.5 Å². The number of halogens is 3. The van der Waals surface area contributed by atoms with Crippen LogP contribution in [-0.2, 0) is 23.8 Å². The SMILES string of the molecule is CCCc1cc2c(C(F)(F)F)cc(=O)oc2c(CCC)c1OCCCCCCN1C(=O)CSC1=O. The fourth-order valence-corrected chi connectivity index (χ4v) is 5.00. The number of benzene rings is 1. The molecule has 192 valence electrons. The summed E-state index contributed by atoms with van der Waals surface area (Å²) < 4.78 is 52.4. The van der Waals surface area contributed by atoms with Crippen molar-refractivity contribution in [2.24, 2.45) is 0 Å². The monoisotopic (exact) mass is 513 g/mol. The second-order valence-corrected chi connectivity index (χ2v) is 9.49. The van der Waals surface area contributed by atoms with Gasteiger partial charge in [-0.1, -0.05) is 51.3 Å². The van der Waals surface area contributed by atoms with Crippen LogP contribution in [0.2, 0.25) is 0 Å². The second-order valence-electron chi connectivity index (χ2n) is 8.56. The summed E-state index contributed by atoms with van der Waals surface area (Å²) in [6, 6.07) is 1.96. The molecule has 2 amide bonds. The highest BCUT2D eigenvalue weighted by Gasteiger charge is 2.35. The largest absolute Gasteiger partial charge is 0.493 e. The van der Waals surface area contributed by atoms with Crippen molar-refractivity contribution in [1.29, 1.82) is 0 Å². The predicted octanol–water partition coefficient (Wildman–Crippen LogP) is 6.35. The third-order valence-electron chi connectivity index (χ3n) is 5.85. The minimum absolute atomic E-state index is 0.0562. The molecule has 0 N–H and O–H groups in total. The zero-order chi connectivity index (χ0) is 25.6. The molecule has 1 aromatic carbocycles. The Morgan fingerprint density at radius 1 is 1.03 bits per heavy atom. The number of unbranched alkanes of at least 4 members (excludes halogenated alkanes) is 3. The molecule has 0 aliphatic carbocycles. The van der Waals surface area contributed by atoms with Gasteiger partial charge in [-0.05, 0) is 37.3 Å². The number of ether oxygens (including phenoxy) is 1. The number of carbonyl (C=O) groups excluding carboxylic acids is 2. The van der Waals surface area contributed by atoms with Crippen molar-refractivity contribution in [3.63, 3.8) is 0 Å². The quantitative estimate of drug-likeness (QED) is 0.243. The van der Waals surface area contributed by atoms with Crippen LogP contribution in [0.25, 0.3) is 11.0 Å². The van der Waals surface area contributed by atoms with Gasteiger partial charge in [0.1, 0.15) is 11.3 Å². The Kier molecular flexibility index (Phi) is 9.27. The molecular formula is C25H30F3NO5S. The lowest BCUT2D eigenvalue weighted by molar-refractivity contribution is -0.136. The lowest BCUT2D eigenvalue weighted by Crippen LogP contribution is -2.29. The van der Waals surface area contributed by atoms with Crippen LogP contribution >= 0.6 is 11.8 Å². The summed E-state index contributed by atoms with van der Waals surface area (Å²) in [7, 11) is 0. The van der Waals surface area contributed by atoms with Gasteiger partial charge >= 0.3 is 11.8 Å². The number of hydrogen-bond acceptors (Lipinski definition) is 6. The maximum atomic E-state index is 13.7. The highest BCUT2D eigenvalue weighted by molar-refractivity contribution is 8.14. The number of imide groups is 1. The number of thioether (sulfide) groups is 1. The molecule has 10 heteroatoms. The molecule has 0 radical (unpaired) electrons. The summed E-state index contributed by atoms with van der Waals surface area (Å²) >= 11 is 1.03. The van der Waals surface area contributed by atoms with Gasteiger partial charge < -0.3 is 9.15 Å². The topological polar surface area (TPSA) is 76.8 Å². The number of fused-ring (bicyclic) bond motifs is 1. The molecule has 1 fully saturated rings. The van der Waals surface area contributed by atoms with Crippen molar-refractivity contribution < 1.29 is 31.9 Å². The minimum Gasteiger partial charge on any atom is -0.493 e. The fourth-order valence-electron chi connectivity index (χ4n) is 4.25. The van der Waals surface area contributed by atoms with Gasteiger partial charge in [0.05, 0.1) is 17.9 Å². The molecular weight excluding hydrogens is 483 g/mol. The lowest BCUT2D eigenvalue weighted by Gasteiger charge is -2.19. The molecule has 0 spiro atoms. The number of carbonyl (C=O) groups is 2. The Balaban J connectivity index is 1.74. The molecule has 35 heavy (non-hydrogen) atoms. The minimum atomic E-state index is -4.67. The smallest absolute Gasteiger partial charge is 0.417 e.